The minimum atomic E-state index is -1.03. The third-order valence-corrected chi connectivity index (χ3v) is 4.17. The molecule has 2 aromatic rings. The molecule has 0 aliphatic rings. The zero-order chi connectivity index (χ0) is 19.3. The highest BCUT2D eigenvalue weighted by atomic mass is 16.5. The monoisotopic (exact) mass is 358 g/mol. The Morgan fingerprint density at radius 3 is 2.12 bits per heavy atom. The summed E-state index contributed by atoms with van der Waals surface area (Å²) < 4.78 is 16.3. The van der Waals surface area contributed by atoms with Crippen LogP contribution >= 0.6 is 0 Å². The first-order valence-corrected chi connectivity index (χ1v) is 8.45. The van der Waals surface area contributed by atoms with E-state index in [0.717, 1.165) is 5.56 Å². The molecular weight excluding hydrogens is 332 g/mol. The first kappa shape index (κ1) is 19.6. The molecule has 5 nitrogen and oxygen atoms in total. The maximum absolute atomic E-state index is 11.7. The molecule has 0 saturated heterocycles. The van der Waals surface area contributed by atoms with Gasteiger partial charge in [-0.05, 0) is 41.3 Å². The Labute approximate surface area is 154 Å². The van der Waals surface area contributed by atoms with Crippen molar-refractivity contribution in [2.75, 3.05) is 14.2 Å². The molecule has 0 saturated carbocycles. The molecule has 0 aliphatic heterocycles. The summed E-state index contributed by atoms with van der Waals surface area (Å²) in [4.78, 5) is 11.7. The van der Waals surface area contributed by atoms with Crippen LogP contribution < -0.4 is 14.2 Å². The fourth-order valence-corrected chi connectivity index (χ4v) is 2.62. The third-order valence-electron chi connectivity index (χ3n) is 4.17. The highest BCUT2D eigenvalue weighted by Crippen LogP contribution is 2.28. The van der Waals surface area contributed by atoms with Crippen molar-refractivity contribution in [1.82, 2.24) is 0 Å². The molecule has 0 amide bonds. The second kappa shape index (κ2) is 8.13. The summed E-state index contributed by atoms with van der Waals surface area (Å²) in [6.45, 7) is 6.37. The second-order valence-electron chi connectivity index (χ2n) is 7.10. The number of methoxy groups -OCH3 is 2. The van der Waals surface area contributed by atoms with Gasteiger partial charge in [0.1, 0.15) is 17.2 Å². The molecule has 1 atom stereocenters. The molecule has 1 N–H and O–H groups in total. The smallest absolute Gasteiger partial charge is 0.345 e. The molecule has 0 radical (unpaired) electrons. The van der Waals surface area contributed by atoms with Crippen LogP contribution in [0.15, 0.2) is 42.5 Å². The van der Waals surface area contributed by atoms with Crippen LogP contribution in [-0.4, -0.2) is 31.4 Å². The van der Waals surface area contributed by atoms with Crippen molar-refractivity contribution in [2.24, 2.45) is 0 Å². The van der Waals surface area contributed by atoms with Crippen LogP contribution in [0, 0.1) is 0 Å². The van der Waals surface area contributed by atoms with E-state index in [2.05, 4.69) is 20.8 Å². The molecule has 2 rings (SSSR count). The Morgan fingerprint density at radius 1 is 1.00 bits per heavy atom. The molecule has 0 aliphatic carbocycles. The highest BCUT2D eigenvalue weighted by molar-refractivity contribution is 5.73. The van der Waals surface area contributed by atoms with Crippen molar-refractivity contribution >= 4 is 5.97 Å². The van der Waals surface area contributed by atoms with Gasteiger partial charge in [-0.3, -0.25) is 0 Å². The quantitative estimate of drug-likeness (QED) is 0.808. The van der Waals surface area contributed by atoms with Crippen LogP contribution in [0.4, 0.5) is 0 Å². The number of aliphatic carboxylic acids is 1. The average molecular weight is 358 g/mol. The molecule has 140 valence electrons. The highest BCUT2D eigenvalue weighted by Gasteiger charge is 2.23. The molecule has 0 heterocycles. The van der Waals surface area contributed by atoms with E-state index in [9.17, 15) is 9.90 Å². The van der Waals surface area contributed by atoms with E-state index in [4.69, 9.17) is 14.2 Å². The molecule has 0 bridgehead atoms. The SMILES string of the molecule is COc1ccc(OC)c(C[C@H](Oc2ccc(C(C)(C)C)cc2)C(=O)O)c1. The molecule has 26 heavy (non-hydrogen) atoms. The van der Waals surface area contributed by atoms with Crippen LogP contribution in [0.2, 0.25) is 0 Å². The predicted octanol–water partition coefficient (Wildman–Crippen LogP) is 4.08. The lowest BCUT2D eigenvalue weighted by Crippen LogP contribution is -2.29. The summed E-state index contributed by atoms with van der Waals surface area (Å²) in [5.74, 6) is 0.727. The van der Waals surface area contributed by atoms with Gasteiger partial charge in [-0.2, -0.15) is 0 Å². The van der Waals surface area contributed by atoms with Crippen LogP contribution in [0.25, 0.3) is 0 Å². The zero-order valence-electron chi connectivity index (χ0n) is 15.9. The summed E-state index contributed by atoms with van der Waals surface area (Å²) in [7, 11) is 3.11. The lowest BCUT2D eigenvalue weighted by atomic mass is 9.87. The van der Waals surface area contributed by atoms with Crippen LogP contribution in [0.1, 0.15) is 31.9 Å². The predicted molar refractivity (Wildman–Crippen MR) is 100 cm³/mol. The van der Waals surface area contributed by atoms with E-state index < -0.39 is 12.1 Å². The molecule has 5 heteroatoms. The molecule has 0 spiro atoms. The zero-order valence-corrected chi connectivity index (χ0v) is 15.9. The lowest BCUT2D eigenvalue weighted by Gasteiger charge is -2.20. The number of hydrogen-bond donors (Lipinski definition) is 1. The topological polar surface area (TPSA) is 65.0 Å². The Morgan fingerprint density at radius 2 is 1.62 bits per heavy atom. The van der Waals surface area contributed by atoms with Gasteiger partial charge in [-0.1, -0.05) is 32.9 Å². The van der Waals surface area contributed by atoms with E-state index in [1.165, 1.54) is 0 Å². The maximum atomic E-state index is 11.7. The number of ether oxygens (including phenoxy) is 3. The van der Waals surface area contributed by atoms with Gasteiger partial charge >= 0.3 is 5.97 Å². The van der Waals surface area contributed by atoms with Gasteiger partial charge in [0.05, 0.1) is 14.2 Å². The molecule has 0 aromatic heterocycles. The fraction of sp³-hybridized carbons (Fsp3) is 0.381. The van der Waals surface area contributed by atoms with Gasteiger partial charge in [0.25, 0.3) is 0 Å². The van der Waals surface area contributed by atoms with Crippen molar-refractivity contribution < 1.29 is 24.1 Å². The van der Waals surface area contributed by atoms with Gasteiger partial charge in [0, 0.05) is 12.0 Å². The average Bonchev–Trinajstić information content (AvgIpc) is 2.60. The first-order valence-electron chi connectivity index (χ1n) is 8.45. The fourth-order valence-electron chi connectivity index (χ4n) is 2.62. The number of carboxylic acid groups (broad SMARTS) is 1. The minimum absolute atomic E-state index is 0.0265. The van der Waals surface area contributed by atoms with E-state index in [1.807, 2.05) is 12.1 Å². The third kappa shape index (κ3) is 4.91. The van der Waals surface area contributed by atoms with E-state index in [0.29, 0.717) is 22.8 Å². The van der Waals surface area contributed by atoms with E-state index in [-0.39, 0.29) is 11.8 Å². The molecule has 0 fully saturated rings. The van der Waals surface area contributed by atoms with Crippen molar-refractivity contribution in [3.8, 4) is 17.2 Å². The minimum Gasteiger partial charge on any atom is -0.497 e. The maximum Gasteiger partial charge on any atom is 0.345 e. The van der Waals surface area contributed by atoms with Crippen molar-refractivity contribution in [2.45, 2.75) is 38.7 Å². The summed E-state index contributed by atoms with van der Waals surface area (Å²) in [5, 5.41) is 9.57. The Balaban J connectivity index is 2.21. The number of carbonyl (C=O) groups is 1. The molecular formula is C21H26O5. The largest absolute Gasteiger partial charge is 0.497 e. The van der Waals surface area contributed by atoms with Gasteiger partial charge in [0.15, 0.2) is 6.10 Å². The van der Waals surface area contributed by atoms with Gasteiger partial charge < -0.3 is 19.3 Å². The summed E-state index contributed by atoms with van der Waals surface area (Å²) in [6, 6.07) is 12.8. The summed E-state index contributed by atoms with van der Waals surface area (Å²) in [6.07, 6.45) is -0.868. The van der Waals surface area contributed by atoms with Crippen molar-refractivity contribution in [3.63, 3.8) is 0 Å². The Bertz CT molecular complexity index is 744. The normalized spacial score (nSPS) is 12.3. The Kier molecular flexibility index (Phi) is 6.14. The number of hydrogen-bond acceptors (Lipinski definition) is 4. The van der Waals surface area contributed by atoms with Crippen LogP contribution in [-0.2, 0) is 16.6 Å². The van der Waals surface area contributed by atoms with Gasteiger partial charge in [-0.25, -0.2) is 4.79 Å². The summed E-state index contributed by atoms with van der Waals surface area (Å²) in [5.41, 5.74) is 1.90. The number of carboxylic acids is 1. The van der Waals surface area contributed by atoms with Crippen molar-refractivity contribution in [1.29, 1.82) is 0 Å². The number of benzene rings is 2. The van der Waals surface area contributed by atoms with E-state index in [1.54, 1.807) is 44.6 Å². The first-order chi connectivity index (χ1) is 12.2. The van der Waals surface area contributed by atoms with Crippen LogP contribution in [0.3, 0.4) is 0 Å². The standard InChI is InChI=1S/C21H26O5/c1-21(2,3)15-6-8-16(9-7-15)26-19(20(22)23)13-14-12-17(24-4)10-11-18(14)25-5/h6-12,19H,13H2,1-5H3,(H,22,23)/t19-/m0/s1. The summed E-state index contributed by atoms with van der Waals surface area (Å²) >= 11 is 0. The van der Waals surface area contributed by atoms with E-state index >= 15 is 0 Å². The number of rotatable bonds is 7. The molecule has 0 unspecified atom stereocenters. The van der Waals surface area contributed by atoms with Gasteiger partial charge in [-0.15, -0.1) is 0 Å². The molecule has 2 aromatic carbocycles. The van der Waals surface area contributed by atoms with Gasteiger partial charge in [0.2, 0.25) is 0 Å². The lowest BCUT2D eigenvalue weighted by molar-refractivity contribution is -0.145. The van der Waals surface area contributed by atoms with Crippen molar-refractivity contribution in [3.05, 3.63) is 53.6 Å². The Hall–Kier alpha value is -2.69. The second-order valence-corrected chi connectivity index (χ2v) is 7.10. The van der Waals surface area contributed by atoms with Crippen LogP contribution in [0.5, 0.6) is 17.2 Å².